The van der Waals surface area contributed by atoms with Gasteiger partial charge in [0.2, 0.25) is 5.82 Å². The number of alkyl halides is 3. The summed E-state index contributed by atoms with van der Waals surface area (Å²) < 4.78 is 38.9. The molecule has 5 nitrogen and oxygen atoms in total. The largest absolute Gasteiger partial charge is 0.451 e. The van der Waals surface area contributed by atoms with Crippen molar-refractivity contribution >= 4 is 39.9 Å². The summed E-state index contributed by atoms with van der Waals surface area (Å²) in [4.78, 5) is 24.5. The summed E-state index contributed by atoms with van der Waals surface area (Å²) >= 11 is 2.21. The molecular formula is C15H11F3N4OS2. The molecule has 0 aliphatic heterocycles. The predicted molar refractivity (Wildman–Crippen MR) is 89.6 cm³/mol. The quantitative estimate of drug-likeness (QED) is 0.412. The molecule has 0 atom stereocenters. The molecule has 10 heteroatoms. The molecule has 0 saturated carbocycles. The van der Waals surface area contributed by atoms with Gasteiger partial charge in [0.1, 0.15) is 5.03 Å². The zero-order valence-electron chi connectivity index (χ0n) is 12.6. The Kier molecular flexibility index (Phi) is 5.02. The minimum atomic E-state index is -4.69. The Labute approximate surface area is 148 Å². The van der Waals surface area contributed by atoms with Gasteiger partial charge in [0.25, 0.3) is 0 Å². The fourth-order valence-corrected chi connectivity index (χ4v) is 3.82. The van der Waals surface area contributed by atoms with Crippen molar-refractivity contribution < 1.29 is 18.0 Å². The number of thiophene rings is 1. The fraction of sp³-hybridized carbons (Fsp3) is 0.200. The van der Waals surface area contributed by atoms with E-state index >= 15 is 0 Å². The Balaban J connectivity index is 1.88. The standard InChI is InChI=1S/C15H11F3N4OS2/c16-15(17,18)14-21-12-9(2-1-5-20-12)13(22-14)24-7-10(23)11-4-3-8(6-19)25-11/h1-5H,6-7,19H2. The summed E-state index contributed by atoms with van der Waals surface area (Å²) in [5.74, 6) is -1.50. The highest BCUT2D eigenvalue weighted by molar-refractivity contribution is 8.00. The number of hydrogen-bond donors (Lipinski definition) is 1. The topological polar surface area (TPSA) is 81.8 Å². The van der Waals surface area contributed by atoms with Gasteiger partial charge in [-0.1, -0.05) is 11.8 Å². The van der Waals surface area contributed by atoms with Crippen LogP contribution in [0, 0.1) is 0 Å². The molecule has 3 rings (SSSR count). The minimum absolute atomic E-state index is 0.0389. The van der Waals surface area contributed by atoms with Gasteiger partial charge in [0.05, 0.1) is 16.0 Å². The van der Waals surface area contributed by atoms with Crippen LogP contribution < -0.4 is 5.73 Å². The van der Waals surface area contributed by atoms with Crippen LogP contribution in [0.5, 0.6) is 0 Å². The molecule has 0 fully saturated rings. The van der Waals surface area contributed by atoms with Crippen molar-refractivity contribution in [3.63, 3.8) is 0 Å². The average molecular weight is 384 g/mol. The molecule has 2 N–H and O–H groups in total. The van der Waals surface area contributed by atoms with Crippen LogP contribution >= 0.6 is 23.1 Å². The molecule has 3 aromatic rings. The van der Waals surface area contributed by atoms with Crippen LogP contribution in [-0.2, 0) is 12.7 Å². The van der Waals surface area contributed by atoms with Gasteiger partial charge in [0, 0.05) is 17.6 Å². The minimum Gasteiger partial charge on any atom is -0.326 e. The highest BCUT2D eigenvalue weighted by Gasteiger charge is 2.35. The summed E-state index contributed by atoms with van der Waals surface area (Å²) in [7, 11) is 0. The van der Waals surface area contributed by atoms with Crippen molar-refractivity contribution in [1.82, 2.24) is 15.0 Å². The number of hydrogen-bond acceptors (Lipinski definition) is 7. The van der Waals surface area contributed by atoms with E-state index in [4.69, 9.17) is 5.73 Å². The fourth-order valence-electron chi connectivity index (χ4n) is 2.01. The van der Waals surface area contributed by atoms with Gasteiger partial charge in [-0.25, -0.2) is 15.0 Å². The number of carbonyl (C=O) groups is 1. The van der Waals surface area contributed by atoms with Crippen LogP contribution in [0.1, 0.15) is 20.4 Å². The number of Topliss-reactive ketones (excluding diaryl/α,β-unsaturated/α-hetero) is 1. The van der Waals surface area contributed by atoms with E-state index in [1.165, 1.54) is 17.5 Å². The highest BCUT2D eigenvalue weighted by Crippen LogP contribution is 2.32. The van der Waals surface area contributed by atoms with Crippen LogP contribution in [-0.4, -0.2) is 26.5 Å². The second-order valence-corrected chi connectivity index (χ2v) is 7.04. The van der Waals surface area contributed by atoms with E-state index in [1.807, 2.05) is 0 Å². The second kappa shape index (κ2) is 7.06. The van der Waals surface area contributed by atoms with Crippen molar-refractivity contribution in [3.05, 3.63) is 46.0 Å². The van der Waals surface area contributed by atoms with E-state index in [0.717, 1.165) is 16.6 Å². The third-order valence-electron chi connectivity index (χ3n) is 3.17. The third kappa shape index (κ3) is 3.97. The monoisotopic (exact) mass is 384 g/mol. The Morgan fingerprint density at radius 1 is 1.24 bits per heavy atom. The van der Waals surface area contributed by atoms with Crippen LogP contribution in [0.3, 0.4) is 0 Å². The Hall–Kier alpha value is -2.04. The van der Waals surface area contributed by atoms with Gasteiger partial charge < -0.3 is 5.73 Å². The number of aromatic nitrogens is 3. The number of fused-ring (bicyclic) bond motifs is 1. The summed E-state index contributed by atoms with van der Waals surface area (Å²) in [6.45, 7) is 0.336. The summed E-state index contributed by atoms with van der Waals surface area (Å²) in [6, 6.07) is 6.58. The van der Waals surface area contributed by atoms with E-state index < -0.39 is 12.0 Å². The van der Waals surface area contributed by atoms with Gasteiger partial charge >= 0.3 is 6.18 Å². The maximum atomic E-state index is 13.0. The van der Waals surface area contributed by atoms with Crippen LogP contribution in [0.2, 0.25) is 0 Å². The van der Waals surface area contributed by atoms with Crippen molar-refractivity contribution in [2.45, 2.75) is 17.7 Å². The van der Waals surface area contributed by atoms with Gasteiger partial charge in [-0.2, -0.15) is 13.2 Å². The smallest absolute Gasteiger partial charge is 0.326 e. The number of halogens is 3. The molecule has 25 heavy (non-hydrogen) atoms. The number of nitrogens with two attached hydrogens (primary N) is 1. The third-order valence-corrected chi connectivity index (χ3v) is 5.31. The zero-order valence-corrected chi connectivity index (χ0v) is 14.2. The molecule has 0 aliphatic rings. The zero-order chi connectivity index (χ0) is 18.0. The first-order valence-corrected chi connectivity index (χ1v) is 8.83. The molecule has 0 unspecified atom stereocenters. The lowest BCUT2D eigenvalue weighted by atomic mass is 10.3. The maximum Gasteiger partial charge on any atom is 0.451 e. The van der Waals surface area contributed by atoms with E-state index in [0.29, 0.717) is 16.8 Å². The van der Waals surface area contributed by atoms with Crippen LogP contribution in [0.4, 0.5) is 13.2 Å². The Bertz CT molecular complexity index is 927. The molecular weight excluding hydrogens is 373 g/mol. The molecule has 0 radical (unpaired) electrons. The highest BCUT2D eigenvalue weighted by atomic mass is 32.2. The number of carbonyl (C=O) groups excluding carboxylic acids is 1. The number of ketones is 1. The van der Waals surface area contributed by atoms with Gasteiger partial charge in [0.15, 0.2) is 11.4 Å². The van der Waals surface area contributed by atoms with Crippen molar-refractivity contribution in [2.24, 2.45) is 5.73 Å². The lowest BCUT2D eigenvalue weighted by molar-refractivity contribution is -0.145. The van der Waals surface area contributed by atoms with Crippen molar-refractivity contribution in [3.8, 4) is 0 Å². The van der Waals surface area contributed by atoms with E-state index in [9.17, 15) is 18.0 Å². The first-order valence-electron chi connectivity index (χ1n) is 7.03. The van der Waals surface area contributed by atoms with Gasteiger partial charge in [-0.15, -0.1) is 11.3 Å². The van der Waals surface area contributed by atoms with E-state index in [1.54, 1.807) is 24.3 Å². The lowest BCUT2D eigenvalue weighted by Gasteiger charge is -2.09. The first-order chi connectivity index (χ1) is 11.9. The summed E-state index contributed by atoms with van der Waals surface area (Å²) in [5.41, 5.74) is 5.46. The molecule has 0 amide bonds. The predicted octanol–water partition coefficient (Wildman–Crippen LogP) is 3.54. The van der Waals surface area contributed by atoms with E-state index in [2.05, 4.69) is 15.0 Å². The average Bonchev–Trinajstić information content (AvgIpc) is 3.07. The molecule has 3 aromatic heterocycles. The number of rotatable bonds is 5. The summed E-state index contributed by atoms with van der Waals surface area (Å²) in [6.07, 6.45) is -3.33. The van der Waals surface area contributed by atoms with E-state index in [-0.39, 0.29) is 22.2 Å². The molecule has 3 heterocycles. The van der Waals surface area contributed by atoms with Gasteiger partial charge in [-0.05, 0) is 24.3 Å². The maximum absolute atomic E-state index is 13.0. The molecule has 0 saturated heterocycles. The first kappa shape index (κ1) is 17.8. The lowest BCUT2D eigenvalue weighted by Crippen LogP contribution is -2.12. The number of thioether (sulfide) groups is 1. The second-order valence-electron chi connectivity index (χ2n) is 4.91. The number of pyridine rings is 1. The van der Waals surface area contributed by atoms with Crippen LogP contribution in [0.15, 0.2) is 35.5 Å². The van der Waals surface area contributed by atoms with Crippen molar-refractivity contribution in [2.75, 3.05) is 5.75 Å². The molecule has 0 aliphatic carbocycles. The molecule has 0 aromatic carbocycles. The van der Waals surface area contributed by atoms with Crippen molar-refractivity contribution in [1.29, 1.82) is 0 Å². The molecule has 0 bridgehead atoms. The normalized spacial score (nSPS) is 11.8. The Morgan fingerprint density at radius 2 is 2.04 bits per heavy atom. The Morgan fingerprint density at radius 3 is 2.72 bits per heavy atom. The molecule has 130 valence electrons. The molecule has 0 spiro atoms. The summed E-state index contributed by atoms with van der Waals surface area (Å²) in [5, 5.41) is 0.455. The number of nitrogens with zero attached hydrogens (tertiary/aromatic N) is 3. The van der Waals surface area contributed by atoms with Gasteiger partial charge in [-0.3, -0.25) is 4.79 Å². The van der Waals surface area contributed by atoms with Crippen LogP contribution in [0.25, 0.3) is 11.0 Å². The SMILES string of the molecule is NCc1ccc(C(=O)CSc2nc(C(F)(F)F)nc3ncccc23)s1.